The van der Waals surface area contributed by atoms with Gasteiger partial charge in [-0.1, -0.05) is 42.5 Å². The van der Waals surface area contributed by atoms with E-state index in [1.165, 1.54) is 12.1 Å². The van der Waals surface area contributed by atoms with Crippen LogP contribution in [-0.4, -0.2) is 11.9 Å². The second-order valence-corrected chi connectivity index (χ2v) is 6.64. The zero-order valence-corrected chi connectivity index (χ0v) is 14.5. The molecule has 0 spiro atoms. The van der Waals surface area contributed by atoms with E-state index in [1.54, 1.807) is 0 Å². The van der Waals surface area contributed by atoms with Gasteiger partial charge in [-0.3, -0.25) is 4.79 Å². The molecular formula is C21H18F3NO2. The number of carbonyl (C=O) groups excluding carboxylic acids is 1. The summed E-state index contributed by atoms with van der Waals surface area (Å²) >= 11 is 0. The molecule has 0 unspecified atom stereocenters. The average molecular weight is 373 g/mol. The highest BCUT2D eigenvalue weighted by molar-refractivity contribution is 5.96. The second-order valence-electron chi connectivity index (χ2n) is 6.64. The van der Waals surface area contributed by atoms with Crippen LogP contribution in [0.4, 0.5) is 13.2 Å². The maximum atomic E-state index is 12.6. The summed E-state index contributed by atoms with van der Waals surface area (Å²) in [6, 6.07) is 15.6. The van der Waals surface area contributed by atoms with Crippen LogP contribution in [0.25, 0.3) is 0 Å². The number of rotatable bonds is 4. The van der Waals surface area contributed by atoms with E-state index in [9.17, 15) is 23.2 Å². The Morgan fingerprint density at radius 2 is 1.81 bits per heavy atom. The minimum absolute atomic E-state index is 0.0294. The fraction of sp³-hybridized carbons (Fsp3) is 0.333. The van der Waals surface area contributed by atoms with Crippen LogP contribution in [0.1, 0.15) is 47.2 Å². The lowest BCUT2D eigenvalue weighted by atomic mass is 9.85. The molecule has 1 saturated heterocycles. The number of hydrogen-bond donors (Lipinski definition) is 0. The van der Waals surface area contributed by atoms with Crippen molar-refractivity contribution in [2.45, 2.75) is 43.6 Å². The molecule has 2 atom stereocenters. The van der Waals surface area contributed by atoms with Gasteiger partial charge in [0.2, 0.25) is 0 Å². The Kier molecular flexibility index (Phi) is 5.33. The maximum Gasteiger partial charge on any atom is 0.416 e. The van der Waals surface area contributed by atoms with Crippen molar-refractivity contribution in [1.29, 1.82) is 5.26 Å². The molecule has 3 rings (SSSR count). The van der Waals surface area contributed by atoms with Gasteiger partial charge in [-0.25, -0.2) is 0 Å². The number of nitrogens with zero attached hydrogens (tertiary/aromatic N) is 1. The number of hydrogen-bond acceptors (Lipinski definition) is 3. The molecular weight excluding hydrogens is 355 g/mol. The summed E-state index contributed by atoms with van der Waals surface area (Å²) in [5, 5.41) is 9.70. The molecule has 2 aromatic rings. The molecule has 6 heteroatoms. The van der Waals surface area contributed by atoms with Crippen LogP contribution < -0.4 is 0 Å². The average Bonchev–Trinajstić information content (AvgIpc) is 2.68. The zero-order chi connectivity index (χ0) is 19.5. The van der Waals surface area contributed by atoms with E-state index in [2.05, 4.69) is 6.07 Å². The van der Waals surface area contributed by atoms with Crippen LogP contribution in [0.5, 0.6) is 0 Å². The molecule has 1 fully saturated rings. The van der Waals surface area contributed by atoms with Crippen LogP contribution >= 0.6 is 0 Å². The minimum atomic E-state index is -4.43. The Labute approximate surface area is 155 Å². The summed E-state index contributed by atoms with van der Waals surface area (Å²) in [5.41, 5.74) is -0.927. The van der Waals surface area contributed by atoms with Gasteiger partial charge in [0.15, 0.2) is 11.4 Å². The van der Waals surface area contributed by atoms with Gasteiger partial charge in [0.1, 0.15) is 6.07 Å². The van der Waals surface area contributed by atoms with E-state index in [0.717, 1.165) is 24.1 Å². The van der Waals surface area contributed by atoms with Crippen molar-refractivity contribution in [2.75, 3.05) is 0 Å². The molecule has 0 radical (unpaired) electrons. The smallest absolute Gasteiger partial charge is 0.352 e. The second kappa shape index (κ2) is 7.53. The topological polar surface area (TPSA) is 50.1 Å². The first-order valence-electron chi connectivity index (χ1n) is 8.69. The molecule has 0 N–H and O–H groups in total. The monoisotopic (exact) mass is 373 g/mol. The van der Waals surface area contributed by atoms with E-state index in [4.69, 9.17) is 4.74 Å². The van der Waals surface area contributed by atoms with E-state index in [1.807, 2.05) is 30.3 Å². The van der Waals surface area contributed by atoms with Crippen LogP contribution in [0.3, 0.4) is 0 Å². The normalized spacial score (nSPS) is 22.8. The van der Waals surface area contributed by atoms with Crippen LogP contribution in [0.15, 0.2) is 54.6 Å². The summed E-state index contributed by atoms with van der Waals surface area (Å²) in [7, 11) is 0. The standard InChI is InChI=1S/C21H18F3NO2/c22-21(23,24)17-10-8-15(9-11-17)19(26)13-18-7-4-12-20(14-25,27-18)16-5-2-1-3-6-16/h1-3,5-6,8-11,18H,4,7,12-13H2/t18-,20-/m0/s1. The first kappa shape index (κ1) is 19.1. The third kappa shape index (κ3) is 4.20. The highest BCUT2D eigenvalue weighted by Gasteiger charge is 2.40. The van der Waals surface area contributed by atoms with Crippen molar-refractivity contribution >= 4 is 5.78 Å². The molecule has 1 heterocycles. The van der Waals surface area contributed by atoms with Crippen molar-refractivity contribution in [3.05, 3.63) is 71.3 Å². The van der Waals surface area contributed by atoms with Gasteiger partial charge in [-0.05, 0) is 37.0 Å². The number of carbonyl (C=O) groups is 1. The highest BCUT2D eigenvalue weighted by Crippen LogP contribution is 2.38. The maximum absolute atomic E-state index is 12.6. The van der Waals surface area contributed by atoms with Crippen molar-refractivity contribution in [1.82, 2.24) is 0 Å². The van der Waals surface area contributed by atoms with Crippen molar-refractivity contribution in [3.63, 3.8) is 0 Å². The van der Waals surface area contributed by atoms with E-state index in [0.29, 0.717) is 12.8 Å². The SMILES string of the molecule is N#C[C@]1(c2ccccc2)CCC[C@@H](CC(=O)c2ccc(C(F)(F)F)cc2)O1. The van der Waals surface area contributed by atoms with Gasteiger partial charge in [-0.15, -0.1) is 0 Å². The number of benzene rings is 2. The third-order valence-corrected chi connectivity index (χ3v) is 4.79. The molecule has 0 saturated carbocycles. The molecule has 140 valence electrons. The number of Topliss-reactive ketones (excluding diaryl/α,β-unsaturated/α-hetero) is 1. The summed E-state index contributed by atoms with van der Waals surface area (Å²) in [6.07, 6.45) is -2.96. The predicted octanol–water partition coefficient (Wildman–Crippen LogP) is 5.27. The quantitative estimate of drug-likeness (QED) is 0.687. The van der Waals surface area contributed by atoms with Crippen LogP contribution in [0, 0.1) is 11.3 Å². The van der Waals surface area contributed by atoms with Crippen molar-refractivity contribution in [2.24, 2.45) is 0 Å². The highest BCUT2D eigenvalue weighted by atomic mass is 19.4. The number of alkyl halides is 3. The Morgan fingerprint density at radius 3 is 2.41 bits per heavy atom. The van der Waals surface area contributed by atoms with Crippen molar-refractivity contribution < 1.29 is 22.7 Å². The lowest BCUT2D eigenvalue weighted by Gasteiger charge is -2.36. The Bertz CT molecular complexity index is 840. The molecule has 1 aliphatic heterocycles. The van der Waals surface area contributed by atoms with Gasteiger partial charge < -0.3 is 4.74 Å². The summed E-state index contributed by atoms with van der Waals surface area (Å²) in [5.74, 6) is -0.296. The number of nitriles is 1. The Morgan fingerprint density at radius 1 is 1.15 bits per heavy atom. The minimum Gasteiger partial charge on any atom is -0.352 e. The van der Waals surface area contributed by atoms with Gasteiger partial charge >= 0.3 is 6.18 Å². The number of ether oxygens (including phenoxy) is 1. The number of halogens is 3. The summed E-state index contributed by atoms with van der Waals surface area (Å²) < 4.78 is 43.9. The molecule has 2 aromatic carbocycles. The fourth-order valence-corrected chi connectivity index (χ4v) is 3.36. The Hall–Kier alpha value is -2.65. The first-order chi connectivity index (χ1) is 12.8. The fourth-order valence-electron chi connectivity index (χ4n) is 3.36. The third-order valence-electron chi connectivity index (χ3n) is 4.79. The van der Waals surface area contributed by atoms with Gasteiger partial charge in [-0.2, -0.15) is 18.4 Å². The summed E-state index contributed by atoms with van der Waals surface area (Å²) in [6.45, 7) is 0. The van der Waals surface area contributed by atoms with Crippen LogP contribution in [0.2, 0.25) is 0 Å². The molecule has 1 aliphatic rings. The molecule has 0 aliphatic carbocycles. The van der Waals surface area contributed by atoms with E-state index >= 15 is 0 Å². The van der Waals surface area contributed by atoms with Crippen LogP contribution in [-0.2, 0) is 16.5 Å². The molecule has 3 nitrogen and oxygen atoms in total. The molecule has 0 amide bonds. The van der Waals surface area contributed by atoms with Gasteiger partial charge in [0.05, 0.1) is 11.7 Å². The largest absolute Gasteiger partial charge is 0.416 e. The molecule has 0 aromatic heterocycles. The van der Waals surface area contributed by atoms with Crippen molar-refractivity contribution in [3.8, 4) is 6.07 Å². The Balaban J connectivity index is 1.72. The predicted molar refractivity (Wildman–Crippen MR) is 92.8 cm³/mol. The number of ketones is 1. The molecule has 27 heavy (non-hydrogen) atoms. The van der Waals surface area contributed by atoms with Gasteiger partial charge in [0.25, 0.3) is 0 Å². The summed E-state index contributed by atoms with van der Waals surface area (Å²) in [4.78, 5) is 12.5. The lowest BCUT2D eigenvalue weighted by molar-refractivity contribution is -0.137. The zero-order valence-electron chi connectivity index (χ0n) is 14.5. The van der Waals surface area contributed by atoms with Gasteiger partial charge in [0, 0.05) is 12.0 Å². The van der Waals surface area contributed by atoms with E-state index < -0.39 is 23.4 Å². The van der Waals surface area contributed by atoms with E-state index in [-0.39, 0.29) is 17.8 Å². The molecule has 0 bridgehead atoms. The first-order valence-corrected chi connectivity index (χ1v) is 8.69. The lowest BCUT2D eigenvalue weighted by Crippen LogP contribution is -2.38.